The Morgan fingerprint density at radius 1 is 1.19 bits per heavy atom. The van der Waals surface area contributed by atoms with Crippen molar-refractivity contribution in [2.75, 3.05) is 36.6 Å². The zero-order valence-corrected chi connectivity index (χ0v) is 14.9. The average Bonchev–Trinajstić information content (AvgIpc) is 2.79. The minimum absolute atomic E-state index is 0.0559. The first kappa shape index (κ1) is 17.0. The summed E-state index contributed by atoms with van der Waals surface area (Å²) in [7, 11) is 1.80. The SMILES string of the molecule is CN1C(=O)c2cccnc2N(CCOC2CCCCO2)c2ccccc21. The fourth-order valence-electron chi connectivity index (χ4n) is 3.50. The van der Waals surface area contributed by atoms with Gasteiger partial charge in [-0.15, -0.1) is 0 Å². The van der Waals surface area contributed by atoms with Crippen molar-refractivity contribution < 1.29 is 14.3 Å². The van der Waals surface area contributed by atoms with Gasteiger partial charge in [0.1, 0.15) is 5.82 Å². The summed E-state index contributed by atoms with van der Waals surface area (Å²) in [6, 6.07) is 11.5. The molecule has 136 valence electrons. The topological polar surface area (TPSA) is 54.9 Å². The number of rotatable bonds is 4. The highest BCUT2D eigenvalue weighted by molar-refractivity contribution is 6.12. The molecule has 1 aromatic heterocycles. The monoisotopic (exact) mass is 353 g/mol. The molecule has 6 heteroatoms. The zero-order chi connectivity index (χ0) is 17.9. The van der Waals surface area contributed by atoms with Crippen LogP contribution in [0.2, 0.25) is 0 Å². The number of hydrogen-bond donors (Lipinski definition) is 0. The number of hydrogen-bond acceptors (Lipinski definition) is 5. The molecule has 3 heterocycles. The molecule has 6 nitrogen and oxygen atoms in total. The van der Waals surface area contributed by atoms with Gasteiger partial charge in [-0.05, 0) is 43.5 Å². The fraction of sp³-hybridized carbons (Fsp3) is 0.400. The molecule has 1 amide bonds. The van der Waals surface area contributed by atoms with Crippen molar-refractivity contribution >= 4 is 23.1 Å². The van der Waals surface area contributed by atoms with E-state index in [1.807, 2.05) is 30.3 Å². The van der Waals surface area contributed by atoms with Crippen molar-refractivity contribution in [1.29, 1.82) is 0 Å². The molecule has 0 spiro atoms. The van der Waals surface area contributed by atoms with Gasteiger partial charge in [0, 0.05) is 26.4 Å². The lowest BCUT2D eigenvalue weighted by Gasteiger charge is -2.27. The molecule has 1 unspecified atom stereocenters. The number of carbonyl (C=O) groups is 1. The van der Waals surface area contributed by atoms with Gasteiger partial charge in [-0.2, -0.15) is 0 Å². The van der Waals surface area contributed by atoms with E-state index in [-0.39, 0.29) is 12.2 Å². The Bertz CT molecular complexity index is 789. The predicted octanol–water partition coefficient (Wildman–Crippen LogP) is 3.35. The molecule has 0 N–H and O–H groups in total. The van der Waals surface area contributed by atoms with Crippen LogP contribution in [0.1, 0.15) is 29.6 Å². The van der Waals surface area contributed by atoms with Crippen LogP contribution in [0.25, 0.3) is 0 Å². The van der Waals surface area contributed by atoms with Crippen LogP contribution in [0.5, 0.6) is 0 Å². The van der Waals surface area contributed by atoms with E-state index < -0.39 is 0 Å². The Morgan fingerprint density at radius 3 is 2.85 bits per heavy atom. The van der Waals surface area contributed by atoms with Crippen molar-refractivity contribution in [2.24, 2.45) is 0 Å². The van der Waals surface area contributed by atoms with Crippen LogP contribution in [0.3, 0.4) is 0 Å². The summed E-state index contributed by atoms with van der Waals surface area (Å²) in [4.78, 5) is 21.1. The van der Waals surface area contributed by atoms with Gasteiger partial charge < -0.3 is 19.3 Å². The van der Waals surface area contributed by atoms with Gasteiger partial charge in [-0.3, -0.25) is 4.79 Å². The maximum atomic E-state index is 12.9. The number of benzene rings is 1. The molecule has 26 heavy (non-hydrogen) atoms. The highest BCUT2D eigenvalue weighted by atomic mass is 16.7. The minimum atomic E-state index is -0.126. The molecule has 0 radical (unpaired) electrons. The van der Waals surface area contributed by atoms with Crippen LogP contribution in [0.4, 0.5) is 17.2 Å². The summed E-state index contributed by atoms with van der Waals surface area (Å²) in [5.74, 6) is 0.613. The zero-order valence-electron chi connectivity index (χ0n) is 14.9. The summed E-state index contributed by atoms with van der Waals surface area (Å²) >= 11 is 0. The van der Waals surface area contributed by atoms with Crippen LogP contribution < -0.4 is 9.80 Å². The number of pyridine rings is 1. The summed E-state index contributed by atoms with van der Waals surface area (Å²) in [5.41, 5.74) is 2.42. The molecule has 1 aromatic carbocycles. The lowest BCUT2D eigenvalue weighted by molar-refractivity contribution is -0.160. The lowest BCUT2D eigenvalue weighted by atomic mass is 10.2. The Kier molecular flexibility index (Phi) is 4.86. The first-order valence-electron chi connectivity index (χ1n) is 9.08. The lowest BCUT2D eigenvalue weighted by Crippen LogP contribution is -2.29. The Labute approximate surface area is 153 Å². The second-order valence-electron chi connectivity index (χ2n) is 6.55. The predicted molar refractivity (Wildman–Crippen MR) is 100.0 cm³/mol. The van der Waals surface area contributed by atoms with Gasteiger partial charge >= 0.3 is 0 Å². The third-order valence-electron chi connectivity index (χ3n) is 4.87. The quantitative estimate of drug-likeness (QED) is 0.844. The number of para-hydroxylation sites is 2. The molecule has 1 saturated heterocycles. The van der Waals surface area contributed by atoms with Crippen LogP contribution in [-0.2, 0) is 9.47 Å². The molecular weight excluding hydrogens is 330 g/mol. The Morgan fingerprint density at radius 2 is 2.04 bits per heavy atom. The van der Waals surface area contributed by atoms with E-state index >= 15 is 0 Å². The first-order valence-corrected chi connectivity index (χ1v) is 9.08. The summed E-state index contributed by atoms with van der Waals surface area (Å²) in [5, 5.41) is 0. The van der Waals surface area contributed by atoms with Crippen molar-refractivity contribution in [2.45, 2.75) is 25.6 Å². The Balaban J connectivity index is 1.63. The molecule has 1 atom stereocenters. The second kappa shape index (κ2) is 7.43. The fourth-order valence-corrected chi connectivity index (χ4v) is 3.50. The van der Waals surface area contributed by atoms with Crippen LogP contribution in [0, 0.1) is 0 Å². The van der Waals surface area contributed by atoms with Crippen LogP contribution >= 0.6 is 0 Å². The van der Waals surface area contributed by atoms with Gasteiger partial charge in [0.2, 0.25) is 0 Å². The van der Waals surface area contributed by atoms with E-state index in [0.717, 1.165) is 37.2 Å². The largest absolute Gasteiger partial charge is 0.353 e. The Hall–Kier alpha value is -2.44. The highest BCUT2D eigenvalue weighted by Gasteiger charge is 2.29. The number of aromatic nitrogens is 1. The van der Waals surface area contributed by atoms with E-state index in [2.05, 4.69) is 9.88 Å². The number of nitrogens with zero attached hydrogens (tertiary/aromatic N) is 3. The third-order valence-corrected chi connectivity index (χ3v) is 4.87. The van der Waals surface area contributed by atoms with E-state index in [1.54, 1.807) is 24.2 Å². The molecule has 1 fully saturated rings. The van der Waals surface area contributed by atoms with Gasteiger partial charge in [0.15, 0.2) is 6.29 Å². The number of fused-ring (bicyclic) bond motifs is 2. The maximum absolute atomic E-state index is 12.9. The second-order valence-corrected chi connectivity index (χ2v) is 6.55. The first-order chi connectivity index (χ1) is 12.8. The molecule has 0 saturated carbocycles. The van der Waals surface area contributed by atoms with Gasteiger partial charge in [0.05, 0.1) is 23.5 Å². The average molecular weight is 353 g/mol. The van der Waals surface area contributed by atoms with Crippen molar-refractivity contribution in [1.82, 2.24) is 4.98 Å². The number of anilines is 3. The van der Waals surface area contributed by atoms with Crippen LogP contribution in [0.15, 0.2) is 42.6 Å². The van der Waals surface area contributed by atoms with E-state index in [1.165, 1.54) is 0 Å². The summed E-state index contributed by atoms with van der Waals surface area (Å²) < 4.78 is 11.6. The van der Waals surface area contributed by atoms with Crippen molar-refractivity contribution in [3.63, 3.8) is 0 Å². The molecule has 2 aliphatic heterocycles. The summed E-state index contributed by atoms with van der Waals surface area (Å²) in [6.07, 6.45) is 4.77. The van der Waals surface area contributed by atoms with E-state index in [9.17, 15) is 4.79 Å². The normalized spacial score (nSPS) is 19.7. The number of ether oxygens (including phenoxy) is 2. The molecule has 4 rings (SSSR count). The molecule has 2 aromatic rings. The van der Waals surface area contributed by atoms with E-state index in [0.29, 0.717) is 24.5 Å². The van der Waals surface area contributed by atoms with E-state index in [4.69, 9.17) is 9.47 Å². The standard InChI is InChI=1S/C20H23N3O3/c1-22-16-8-2-3-9-17(16)23(12-14-26-18-10-4-5-13-25-18)19-15(20(22)24)7-6-11-21-19/h2-3,6-9,11,18H,4-5,10,12-14H2,1H3. The molecular formula is C20H23N3O3. The maximum Gasteiger partial charge on any atom is 0.261 e. The van der Waals surface area contributed by atoms with Gasteiger partial charge in [-0.1, -0.05) is 12.1 Å². The smallest absolute Gasteiger partial charge is 0.261 e. The molecule has 0 bridgehead atoms. The van der Waals surface area contributed by atoms with Crippen LogP contribution in [-0.4, -0.2) is 44.0 Å². The van der Waals surface area contributed by atoms with Crippen molar-refractivity contribution in [3.05, 3.63) is 48.2 Å². The third kappa shape index (κ3) is 3.18. The van der Waals surface area contributed by atoms with Crippen molar-refractivity contribution in [3.8, 4) is 0 Å². The highest BCUT2D eigenvalue weighted by Crippen LogP contribution is 2.38. The number of carbonyl (C=O) groups excluding carboxylic acids is 1. The van der Waals surface area contributed by atoms with Gasteiger partial charge in [-0.25, -0.2) is 4.98 Å². The minimum Gasteiger partial charge on any atom is -0.353 e. The number of amides is 1. The summed E-state index contributed by atoms with van der Waals surface area (Å²) in [6.45, 7) is 1.87. The molecule has 0 aliphatic carbocycles. The van der Waals surface area contributed by atoms with Gasteiger partial charge in [0.25, 0.3) is 5.91 Å². The molecule has 2 aliphatic rings.